The van der Waals surface area contributed by atoms with Crippen molar-refractivity contribution in [2.24, 2.45) is 0 Å². The second-order valence-corrected chi connectivity index (χ2v) is 7.01. The number of aromatic nitrogens is 2. The zero-order valence-corrected chi connectivity index (χ0v) is 17.4. The van der Waals surface area contributed by atoms with Crippen molar-refractivity contribution in [3.8, 4) is 0 Å². The van der Waals surface area contributed by atoms with Crippen molar-refractivity contribution in [3.05, 3.63) is 114 Å². The van der Waals surface area contributed by atoms with Crippen LogP contribution in [-0.2, 0) is 0 Å². The molecule has 1 unspecified atom stereocenters. The number of halogens is 1. The van der Waals surface area contributed by atoms with Gasteiger partial charge in [-0.3, -0.25) is 0 Å². The normalized spacial score (nSPS) is 16.8. The van der Waals surface area contributed by atoms with E-state index in [1.54, 1.807) is 0 Å². The molecule has 3 rings (SSSR count). The summed E-state index contributed by atoms with van der Waals surface area (Å²) in [7, 11) is 1.90. The van der Waals surface area contributed by atoms with Gasteiger partial charge in [0.2, 0.25) is 0 Å². The van der Waals surface area contributed by atoms with E-state index >= 15 is 0 Å². The van der Waals surface area contributed by atoms with Gasteiger partial charge in [0, 0.05) is 30.7 Å². The lowest BCUT2D eigenvalue weighted by Gasteiger charge is -2.16. The predicted octanol–water partition coefficient (Wildman–Crippen LogP) is 5.96. The second kappa shape index (κ2) is 9.94. The number of alkyl halides is 1. The van der Waals surface area contributed by atoms with E-state index in [0.29, 0.717) is 5.88 Å². The molecule has 0 saturated carbocycles. The van der Waals surface area contributed by atoms with Gasteiger partial charge in [-0.15, -0.1) is 11.6 Å². The molecule has 2 heterocycles. The molecular formula is C25H26ClN3. The van der Waals surface area contributed by atoms with Crippen molar-refractivity contribution in [1.82, 2.24) is 14.7 Å². The number of imidazole rings is 1. The van der Waals surface area contributed by atoms with E-state index in [2.05, 4.69) is 70.5 Å². The first-order chi connectivity index (χ1) is 14.2. The van der Waals surface area contributed by atoms with Crippen LogP contribution in [0.4, 0.5) is 0 Å². The van der Waals surface area contributed by atoms with Gasteiger partial charge in [-0.05, 0) is 35.3 Å². The van der Waals surface area contributed by atoms with Crippen LogP contribution < -0.4 is 5.32 Å². The standard InChI is InChI=1S/C25H26ClN3/c1-4-23-17-28-25-14-13-22(18-29(23)25)21-12-9-11-20(10-7-5-6-8-15-26)24(16-21)19(2)27-3/h4-9,11-14,16-18,21,27H,1-2,10,15H2,3H3/b7-5-,8-6-. The molecule has 0 fully saturated rings. The van der Waals surface area contributed by atoms with Crippen LogP contribution in [0.1, 0.15) is 23.6 Å². The number of nitrogens with zero attached hydrogens (tertiary/aromatic N) is 2. The van der Waals surface area contributed by atoms with E-state index in [0.717, 1.165) is 29.0 Å². The molecule has 2 aromatic heterocycles. The number of nitrogens with one attached hydrogen (secondary N) is 1. The summed E-state index contributed by atoms with van der Waals surface area (Å²) in [6, 6.07) is 4.17. The number of pyridine rings is 1. The highest BCUT2D eigenvalue weighted by Crippen LogP contribution is 2.30. The molecule has 3 nitrogen and oxygen atoms in total. The molecule has 0 amide bonds. The summed E-state index contributed by atoms with van der Waals surface area (Å²) in [6.45, 7) is 8.09. The molecule has 0 aliphatic heterocycles. The van der Waals surface area contributed by atoms with Gasteiger partial charge in [-0.2, -0.15) is 0 Å². The summed E-state index contributed by atoms with van der Waals surface area (Å²) in [5.74, 6) is 0.655. The molecule has 1 atom stereocenters. The topological polar surface area (TPSA) is 29.3 Å². The van der Waals surface area contributed by atoms with E-state index in [1.165, 1.54) is 11.1 Å². The van der Waals surface area contributed by atoms with Gasteiger partial charge in [-0.25, -0.2) is 4.98 Å². The Morgan fingerprint density at radius 3 is 2.90 bits per heavy atom. The largest absolute Gasteiger partial charge is 0.388 e. The molecule has 29 heavy (non-hydrogen) atoms. The van der Waals surface area contributed by atoms with Crippen LogP contribution in [0, 0.1) is 0 Å². The Balaban J connectivity index is 1.94. The first-order valence-corrected chi connectivity index (χ1v) is 10.1. The fraction of sp³-hybridized carbons (Fsp3) is 0.160. The van der Waals surface area contributed by atoms with Gasteiger partial charge in [0.1, 0.15) is 5.65 Å². The fourth-order valence-corrected chi connectivity index (χ4v) is 3.41. The Hall–Kier alpha value is -3.04. The Kier molecular flexibility index (Phi) is 7.09. The fourth-order valence-electron chi connectivity index (χ4n) is 3.31. The summed E-state index contributed by atoms with van der Waals surface area (Å²) in [5, 5.41) is 3.20. The highest BCUT2D eigenvalue weighted by molar-refractivity contribution is 6.18. The van der Waals surface area contributed by atoms with E-state index in [9.17, 15) is 0 Å². The van der Waals surface area contributed by atoms with E-state index < -0.39 is 0 Å². The van der Waals surface area contributed by atoms with Crippen molar-refractivity contribution in [2.45, 2.75) is 12.3 Å². The van der Waals surface area contributed by atoms with Gasteiger partial charge in [-0.1, -0.05) is 67.8 Å². The molecule has 0 bridgehead atoms. The third-order valence-corrected chi connectivity index (χ3v) is 5.07. The van der Waals surface area contributed by atoms with Crippen LogP contribution in [-0.4, -0.2) is 22.3 Å². The van der Waals surface area contributed by atoms with E-state index in [-0.39, 0.29) is 5.92 Å². The molecule has 2 aromatic rings. The van der Waals surface area contributed by atoms with Gasteiger partial charge in [0.25, 0.3) is 0 Å². The van der Waals surface area contributed by atoms with Crippen LogP contribution in [0.5, 0.6) is 0 Å². The lowest BCUT2D eigenvalue weighted by atomic mass is 9.94. The highest BCUT2D eigenvalue weighted by Gasteiger charge is 2.15. The summed E-state index contributed by atoms with van der Waals surface area (Å²) < 4.78 is 2.07. The molecule has 0 spiro atoms. The zero-order valence-electron chi connectivity index (χ0n) is 16.7. The first-order valence-electron chi connectivity index (χ1n) is 9.61. The van der Waals surface area contributed by atoms with E-state index in [1.807, 2.05) is 43.6 Å². The van der Waals surface area contributed by atoms with Crippen LogP contribution in [0.25, 0.3) is 11.7 Å². The van der Waals surface area contributed by atoms with Gasteiger partial charge < -0.3 is 9.72 Å². The van der Waals surface area contributed by atoms with Crippen LogP contribution in [0.15, 0.2) is 103 Å². The Morgan fingerprint density at radius 1 is 1.31 bits per heavy atom. The number of likely N-dealkylation sites (N-methyl/N-ethyl adjacent to an activating group) is 1. The van der Waals surface area contributed by atoms with Crippen molar-refractivity contribution in [2.75, 3.05) is 12.9 Å². The number of hydrogen-bond acceptors (Lipinski definition) is 2. The Bertz CT molecular complexity index is 1050. The van der Waals surface area contributed by atoms with Crippen LogP contribution in [0.3, 0.4) is 0 Å². The van der Waals surface area contributed by atoms with Crippen molar-refractivity contribution < 1.29 is 0 Å². The molecule has 4 heteroatoms. The maximum Gasteiger partial charge on any atom is 0.137 e. The highest BCUT2D eigenvalue weighted by atomic mass is 35.5. The first kappa shape index (κ1) is 20.7. The monoisotopic (exact) mass is 403 g/mol. The Labute approximate surface area is 177 Å². The summed E-state index contributed by atoms with van der Waals surface area (Å²) in [4.78, 5) is 4.42. The third kappa shape index (κ3) is 4.87. The molecule has 1 aliphatic carbocycles. The summed E-state index contributed by atoms with van der Waals surface area (Å²) >= 11 is 5.68. The number of allylic oxidation sites excluding steroid dienone is 9. The molecular weight excluding hydrogens is 378 g/mol. The summed E-state index contributed by atoms with van der Waals surface area (Å²) in [5.41, 5.74) is 6.34. The molecule has 1 aliphatic rings. The molecule has 148 valence electrons. The Morgan fingerprint density at radius 2 is 2.14 bits per heavy atom. The van der Waals surface area contributed by atoms with Gasteiger partial charge in [0.15, 0.2) is 0 Å². The predicted molar refractivity (Wildman–Crippen MR) is 125 cm³/mol. The molecule has 1 N–H and O–H groups in total. The van der Waals surface area contributed by atoms with Gasteiger partial charge >= 0.3 is 0 Å². The minimum absolute atomic E-state index is 0.133. The average Bonchev–Trinajstić information content (AvgIpc) is 3.04. The summed E-state index contributed by atoms with van der Waals surface area (Å²) in [6.07, 6.45) is 23.4. The van der Waals surface area contributed by atoms with Crippen molar-refractivity contribution in [3.63, 3.8) is 0 Å². The maximum atomic E-state index is 5.68. The van der Waals surface area contributed by atoms with E-state index in [4.69, 9.17) is 11.6 Å². The zero-order chi connectivity index (χ0) is 20.6. The maximum absolute atomic E-state index is 5.68. The minimum atomic E-state index is 0.133. The minimum Gasteiger partial charge on any atom is -0.388 e. The molecule has 0 saturated heterocycles. The van der Waals surface area contributed by atoms with Crippen molar-refractivity contribution in [1.29, 1.82) is 0 Å². The van der Waals surface area contributed by atoms with Gasteiger partial charge in [0.05, 0.1) is 11.9 Å². The lowest BCUT2D eigenvalue weighted by Crippen LogP contribution is -2.09. The second-order valence-electron chi connectivity index (χ2n) is 6.70. The average molecular weight is 404 g/mol. The van der Waals surface area contributed by atoms with Crippen LogP contribution >= 0.6 is 11.6 Å². The number of fused-ring (bicyclic) bond motifs is 1. The van der Waals surface area contributed by atoms with Crippen LogP contribution in [0.2, 0.25) is 0 Å². The molecule has 0 radical (unpaired) electrons. The van der Waals surface area contributed by atoms with Crippen molar-refractivity contribution >= 4 is 23.3 Å². The number of hydrogen-bond donors (Lipinski definition) is 1. The third-order valence-electron chi connectivity index (χ3n) is 4.90. The smallest absolute Gasteiger partial charge is 0.137 e. The quantitative estimate of drug-likeness (QED) is 0.435. The SMILES string of the molecule is C=Cc1cnc2ccc(C3C=CC=C(C/C=C\C=C/CCl)C(C(=C)NC)=C3)cn12. The number of rotatable bonds is 8. The molecule has 0 aromatic carbocycles. The lowest BCUT2D eigenvalue weighted by molar-refractivity contribution is 0.973.